The predicted molar refractivity (Wildman–Crippen MR) is 123 cm³/mol. The highest BCUT2D eigenvalue weighted by Gasteiger charge is 2.14. The van der Waals surface area contributed by atoms with Gasteiger partial charge in [0.1, 0.15) is 6.61 Å². The molecule has 0 aromatic heterocycles. The molecule has 3 nitrogen and oxygen atoms in total. The van der Waals surface area contributed by atoms with E-state index in [1.54, 1.807) is 18.2 Å². The van der Waals surface area contributed by atoms with Gasteiger partial charge in [-0.2, -0.15) is 5.26 Å². The summed E-state index contributed by atoms with van der Waals surface area (Å²) in [6.07, 6.45) is 1.74. The lowest BCUT2D eigenvalue weighted by molar-refractivity contribution is 0.269. The predicted octanol–water partition coefficient (Wildman–Crippen LogP) is 7.34. The Balaban J connectivity index is 1.94. The molecule has 0 atom stereocenters. The first-order chi connectivity index (χ1) is 14.5. The Morgan fingerprint density at radius 1 is 1.00 bits per heavy atom. The zero-order valence-corrected chi connectivity index (χ0v) is 18.3. The normalized spacial score (nSPS) is 11.1. The van der Waals surface area contributed by atoms with Crippen molar-refractivity contribution in [2.45, 2.75) is 20.5 Å². The summed E-state index contributed by atoms with van der Waals surface area (Å²) in [6.45, 7) is 4.76. The van der Waals surface area contributed by atoms with Gasteiger partial charge < -0.3 is 9.47 Å². The van der Waals surface area contributed by atoms with Crippen LogP contribution < -0.4 is 9.47 Å². The van der Waals surface area contributed by atoms with E-state index in [1.165, 1.54) is 0 Å². The summed E-state index contributed by atoms with van der Waals surface area (Å²) in [6, 6.07) is 21.1. The second-order valence-electron chi connectivity index (χ2n) is 6.69. The molecule has 0 aliphatic carbocycles. The molecular weight excluding hydrogens is 417 g/mol. The zero-order valence-electron chi connectivity index (χ0n) is 16.8. The van der Waals surface area contributed by atoms with Crippen molar-refractivity contribution in [1.82, 2.24) is 0 Å². The Bertz CT molecular complexity index is 1120. The highest BCUT2D eigenvalue weighted by Crippen LogP contribution is 2.38. The highest BCUT2D eigenvalue weighted by molar-refractivity contribution is 6.33. The minimum atomic E-state index is 0.375. The topological polar surface area (TPSA) is 42.2 Å². The summed E-state index contributed by atoms with van der Waals surface area (Å²) >= 11 is 12.8. The quantitative estimate of drug-likeness (QED) is 0.286. The first-order valence-electron chi connectivity index (χ1n) is 9.53. The molecule has 0 amide bonds. The third-order valence-corrected chi connectivity index (χ3v) is 5.00. The van der Waals surface area contributed by atoms with E-state index in [1.807, 2.05) is 56.3 Å². The summed E-state index contributed by atoms with van der Waals surface area (Å²) in [5.41, 5.74) is 4.03. The number of aryl methyl sites for hydroxylation is 1. The Morgan fingerprint density at radius 3 is 2.50 bits per heavy atom. The number of nitriles is 1. The minimum Gasteiger partial charge on any atom is -0.490 e. The molecule has 0 fully saturated rings. The van der Waals surface area contributed by atoms with E-state index in [0.717, 1.165) is 16.7 Å². The maximum absolute atomic E-state index is 9.63. The molecule has 3 aromatic carbocycles. The molecule has 0 aliphatic heterocycles. The molecule has 5 heteroatoms. The molecule has 0 saturated carbocycles. The standard InChI is InChI=1S/C25H21Cl2NO2/c1-3-29-24-14-19(12-20(15-28)21-9-4-5-10-22(21)26)13-23(27)25(24)30-16-18-8-6-7-17(2)11-18/h4-14H,3,16H2,1-2H3. The summed E-state index contributed by atoms with van der Waals surface area (Å²) in [7, 11) is 0. The molecule has 0 aliphatic rings. The van der Waals surface area contributed by atoms with Gasteiger partial charge in [0.05, 0.1) is 23.3 Å². The number of rotatable bonds is 7. The molecule has 0 saturated heterocycles. The maximum atomic E-state index is 9.63. The SMILES string of the molecule is CCOc1cc(C=C(C#N)c2ccccc2Cl)cc(Cl)c1OCc1cccc(C)c1. The van der Waals surface area contributed by atoms with E-state index in [2.05, 4.69) is 12.1 Å². The highest BCUT2D eigenvalue weighted by atomic mass is 35.5. The van der Waals surface area contributed by atoms with Crippen molar-refractivity contribution in [1.29, 1.82) is 5.26 Å². The van der Waals surface area contributed by atoms with E-state index < -0.39 is 0 Å². The van der Waals surface area contributed by atoms with Gasteiger partial charge >= 0.3 is 0 Å². The van der Waals surface area contributed by atoms with Gasteiger partial charge in [-0.25, -0.2) is 0 Å². The molecule has 30 heavy (non-hydrogen) atoms. The molecule has 0 N–H and O–H groups in total. The number of nitrogens with zero attached hydrogens (tertiary/aromatic N) is 1. The fraction of sp³-hybridized carbons (Fsp3) is 0.160. The van der Waals surface area contributed by atoms with E-state index in [4.69, 9.17) is 32.7 Å². The van der Waals surface area contributed by atoms with E-state index >= 15 is 0 Å². The third kappa shape index (κ3) is 5.36. The van der Waals surface area contributed by atoms with Gasteiger partial charge in [-0.1, -0.05) is 71.2 Å². The monoisotopic (exact) mass is 437 g/mol. The summed E-state index contributed by atoms with van der Waals surface area (Å²) in [5.74, 6) is 1.01. The third-order valence-electron chi connectivity index (χ3n) is 4.39. The van der Waals surface area contributed by atoms with Crippen LogP contribution in [0.4, 0.5) is 0 Å². The first-order valence-corrected chi connectivity index (χ1v) is 10.3. The number of hydrogen-bond donors (Lipinski definition) is 0. The summed E-state index contributed by atoms with van der Waals surface area (Å²) in [4.78, 5) is 0. The van der Waals surface area contributed by atoms with Crippen LogP contribution in [0.1, 0.15) is 29.2 Å². The van der Waals surface area contributed by atoms with Crippen LogP contribution in [0.5, 0.6) is 11.5 Å². The Labute approximate surface area is 187 Å². The van der Waals surface area contributed by atoms with Crippen LogP contribution in [0.2, 0.25) is 10.0 Å². The van der Waals surface area contributed by atoms with Crippen molar-refractivity contribution in [2.24, 2.45) is 0 Å². The number of allylic oxidation sites excluding steroid dienone is 1. The van der Waals surface area contributed by atoms with E-state index in [0.29, 0.717) is 45.9 Å². The van der Waals surface area contributed by atoms with Crippen LogP contribution in [-0.2, 0) is 6.61 Å². The fourth-order valence-electron chi connectivity index (χ4n) is 3.05. The van der Waals surface area contributed by atoms with Crippen molar-refractivity contribution < 1.29 is 9.47 Å². The molecule has 0 heterocycles. The summed E-state index contributed by atoms with van der Waals surface area (Å²) in [5, 5.41) is 10.6. The molecular formula is C25H21Cl2NO2. The number of hydrogen-bond acceptors (Lipinski definition) is 3. The van der Waals surface area contributed by atoms with E-state index in [-0.39, 0.29) is 0 Å². The van der Waals surface area contributed by atoms with Crippen molar-refractivity contribution in [3.05, 3.63) is 93.0 Å². The van der Waals surface area contributed by atoms with Gasteiger partial charge in [0.15, 0.2) is 11.5 Å². The van der Waals surface area contributed by atoms with Crippen LogP contribution in [0.15, 0.2) is 60.7 Å². The van der Waals surface area contributed by atoms with Crippen LogP contribution in [-0.4, -0.2) is 6.61 Å². The van der Waals surface area contributed by atoms with Gasteiger partial charge in [-0.3, -0.25) is 0 Å². The molecule has 152 valence electrons. The van der Waals surface area contributed by atoms with Crippen LogP contribution in [0.3, 0.4) is 0 Å². The van der Waals surface area contributed by atoms with Crippen LogP contribution >= 0.6 is 23.2 Å². The number of halogens is 2. The van der Waals surface area contributed by atoms with Gasteiger partial charge in [0.25, 0.3) is 0 Å². The molecule has 3 aromatic rings. The van der Waals surface area contributed by atoms with E-state index in [9.17, 15) is 5.26 Å². The average molecular weight is 438 g/mol. The van der Waals surface area contributed by atoms with Gasteiger partial charge in [-0.05, 0) is 49.2 Å². The molecule has 3 rings (SSSR count). The van der Waals surface area contributed by atoms with Crippen LogP contribution in [0.25, 0.3) is 11.6 Å². The zero-order chi connectivity index (χ0) is 21.5. The van der Waals surface area contributed by atoms with Crippen molar-refractivity contribution in [3.8, 4) is 17.6 Å². The largest absolute Gasteiger partial charge is 0.490 e. The number of benzene rings is 3. The maximum Gasteiger partial charge on any atom is 0.180 e. The smallest absolute Gasteiger partial charge is 0.180 e. The second-order valence-corrected chi connectivity index (χ2v) is 7.50. The lowest BCUT2D eigenvalue weighted by atomic mass is 10.0. The Kier molecular flexibility index (Phi) is 7.41. The Hall–Kier alpha value is -2.93. The minimum absolute atomic E-state index is 0.375. The van der Waals surface area contributed by atoms with Crippen molar-refractivity contribution in [3.63, 3.8) is 0 Å². The molecule has 0 radical (unpaired) electrons. The van der Waals surface area contributed by atoms with Crippen molar-refractivity contribution >= 4 is 34.9 Å². The van der Waals surface area contributed by atoms with Gasteiger partial charge in [0.2, 0.25) is 0 Å². The molecule has 0 spiro atoms. The summed E-state index contributed by atoms with van der Waals surface area (Å²) < 4.78 is 11.8. The van der Waals surface area contributed by atoms with Gasteiger partial charge in [-0.15, -0.1) is 0 Å². The Morgan fingerprint density at radius 2 is 1.80 bits per heavy atom. The molecule has 0 unspecified atom stereocenters. The second kappa shape index (κ2) is 10.2. The van der Waals surface area contributed by atoms with Crippen LogP contribution in [0, 0.1) is 18.3 Å². The van der Waals surface area contributed by atoms with Crippen molar-refractivity contribution in [2.75, 3.05) is 6.61 Å². The lowest BCUT2D eigenvalue weighted by Gasteiger charge is -2.15. The van der Waals surface area contributed by atoms with Gasteiger partial charge in [0, 0.05) is 10.6 Å². The molecule has 0 bridgehead atoms. The fourth-order valence-corrected chi connectivity index (χ4v) is 3.56. The lowest BCUT2D eigenvalue weighted by Crippen LogP contribution is -2.01. The average Bonchev–Trinajstić information content (AvgIpc) is 2.72. The number of ether oxygens (including phenoxy) is 2. The first kappa shape index (κ1) is 21.8.